The Morgan fingerprint density at radius 2 is 1.87 bits per heavy atom. The molecule has 0 aliphatic rings. The van der Waals surface area contributed by atoms with Crippen molar-refractivity contribution in [1.29, 1.82) is 0 Å². The van der Waals surface area contributed by atoms with Crippen LogP contribution in [0.25, 0.3) is 11.0 Å². The standard InChI is InChI=1S/C24H22FN3O2/c1-16(26-24(29)18-6-5-7-20(14-18)30-2)23-27-21-8-3-4-9-22(21)28(23)15-17-10-12-19(25)13-11-17/h3-14,16H,15H2,1-2H3,(H,26,29). The Hall–Kier alpha value is -3.67. The molecule has 4 rings (SSSR count). The fraction of sp³-hybridized carbons (Fsp3) is 0.167. The Morgan fingerprint density at radius 3 is 2.63 bits per heavy atom. The van der Waals surface area contributed by atoms with Crippen molar-refractivity contribution in [3.63, 3.8) is 0 Å². The number of aromatic nitrogens is 2. The van der Waals surface area contributed by atoms with Gasteiger partial charge in [-0.15, -0.1) is 0 Å². The molecule has 1 N–H and O–H groups in total. The molecular formula is C24H22FN3O2. The van der Waals surface area contributed by atoms with Gasteiger partial charge in [0.05, 0.1) is 24.2 Å². The average Bonchev–Trinajstić information content (AvgIpc) is 3.14. The Kier molecular flexibility index (Phi) is 5.48. The summed E-state index contributed by atoms with van der Waals surface area (Å²) in [6, 6.07) is 20.9. The van der Waals surface area contributed by atoms with Crippen molar-refractivity contribution >= 4 is 16.9 Å². The summed E-state index contributed by atoms with van der Waals surface area (Å²) in [5, 5.41) is 3.02. The van der Waals surface area contributed by atoms with Gasteiger partial charge in [0.25, 0.3) is 5.91 Å². The molecule has 0 saturated carbocycles. The predicted octanol–water partition coefficient (Wildman–Crippen LogP) is 4.72. The lowest BCUT2D eigenvalue weighted by atomic mass is 10.1. The zero-order chi connectivity index (χ0) is 21.1. The summed E-state index contributed by atoms with van der Waals surface area (Å²) < 4.78 is 20.6. The SMILES string of the molecule is COc1cccc(C(=O)NC(C)c2nc3ccccc3n2Cc2ccc(F)cc2)c1. The molecule has 5 nitrogen and oxygen atoms in total. The largest absolute Gasteiger partial charge is 0.497 e. The molecule has 0 aliphatic carbocycles. The molecule has 3 aromatic carbocycles. The maximum Gasteiger partial charge on any atom is 0.251 e. The van der Waals surface area contributed by atoms with Crippen molar-refractivity contribution < 1.29 is 13.9 Å². The van der Waals surface area contributed by atoms with E-state index in [9.17, 15) is 9.18 Å². The number of hydrogen-bond acceptors (Lipinski definition) is 3. The third-order valence-electron chi connectivity index (χ3n) is 5.00. The second kappa shape index (κ2) is 8.37. The number of carbonyl (C=O) groups excluding carboxylic acids is 1. The van der Waals surface area contributed by atoms with Crippen LogP contribution < -0.4 is 10.1 Å². The summed E-state index contributed by atoms with van der Waals surface area (Å²) in [7, 11) is 1.57. The van der Waals surface area contributed by atoms with Crippen LogP contribution in [0.2, 0.25) is 0 Å². The molecule has 0 radical (unpaired) electrons. The van der Waals surface area contributed by atoms with Gasteiger partial charge in [-0.1, -0.05) is 30.3 Å². The van der Waals surface area contributed by atoms with E-state index < -0.39 is 0 Å². The van der Waals surface area contributed by atoms with Gasteiger partial charge < -0.3 is 14.6 Å². The molecule has 6 heteroatoms. The molecule has 0 bridgehead atoms. The number of hydrogen-bond donors (Lipinski definition) is 1. The smallest absolute Gasteiger partial charge is 0.251 e. The minimum atomic E-state index is -0.337. The minimum absolute atomic E-state index is 0.207. The monoisotopic (exact) mass is 403 g/mol. The van der Waals surface area contributed by atoms with Crippen LogP contribution in [-0.2, 0) is 6.54 Å². The highest BCUT2D eigenvalue weighted by atomic mass is 19.1. The molecule has 152 valence electrons. The molecular weight excluding hydrogens is 381 g/mol. The Balaban J connectivity index is 1.65. The zero-order valence-corrected chi connectivity index (χ0v) is 16.8. The van der Waals surface area contributed by atoms with Gasteiger partial charge in [-0.25, -0.2) is 9.37 Å². The third-order valence-corrected chi connectivity index (χ3v) is 5.00. The van der Waals surface area contributed by atoms with Gasteiger partial charge in [-0.3, -0.25) is 4.79 Å². The summed E-state index contributed by atoms with van der Waals surface area (Å²) in [4.78, 5) is 17.5. The first-order valence-corrected chi connectivity index (χ1v) is 9.69. The topological polar surface area (TPSA) is 56.1 Å². The highest BCUT2D eigenvalue weighted by Gasteiger charge is 2.19. The zero-order valence-electron chi connectivity index (χ0n) is 16.8. The summed E-state index contributed by atoms with van der Waals surface area (Å²) in [6.07, 6.45) is 0. The normalized spacial score (nSPS) is 12.0. The van der Waals surface area contributed by atoms with Gasteiger partial charge >= 0.3 is 0 Å². The molecule has 0 spiro atoms. The van der Waals surface area contributed by atoms with Gasteiger partial charge in [0.15, 0.2) is 0 Å². The van der Waals surface area contributed by atoms with Crippen molar-refractivity contribution in [2.45, 2.75) is 19.5 Å². The molecule has 0 fully saturated rings. The molecule has 0 aliphatic heterocycles. The first-order chi connectivity index (χ1) is 14.5. The van der Waals surface area contributed by atoms with Crippen LogP contribution >= 0.6 is 0 Å². The maximum absolute atomic E-state index is 13.3. The Bertz CT molecular complexity index is 1180. The molecule has 1 atom stereocenters. The number of fused-ring (bicyclic) bond motifs is 1. The van der Waals surface area contributed by atoms with Gasteiger partial charge in [-0.05, 0) is 55.0 Å². The maximum atomic E-state index is 13.3. The van der Waals surface area contributed by atoms with E-state index in [1.165, 1.54) is 12.1 Å². The van der Waals surface area contributed by atoms with Crippen LogP contribution in [0.4, 0.5) is 4.39 Å². The fourth-order valence-corrected chi connectivity index (χ4v) is 3.47. The molecule has 1 heterocycles. The van der Waals surface area contributed by atoms with Crippen molar-refractivity contribution in [2.24, 2.45) is 0 Å². The summed E-state index contributed by atoms with van der Waals surface area (Å²) in [5.41, 5.74) is 3.27. The number of para-hydroxylation sites is 2. The van der Waals surface area contributed by atoms with E-state index in [1.807, 2.05) is 31.2 Å². The quantitative estimate of drug-likeness (QED) is 0.507. The van der Waals surface area contributed by atoms with Crippen molar-refractivity contribution in [3.05, 3.63) is 95.6 Å². The molecule has 4 aromatic rings. The van der Waals surface area contributed by atoms with Crippen LogP contribution in [0.1, 0.15) is 34.7 Å². The summed E-state index contributed by atoms with van der Waals surface area (Å²) >= 11 is 0. The first-order valence-electron chi connectivity index (χ1n) is 9.69. The van der Waals surface area contributed by atoms with Gasteiger partial charge in [0.2, 0.25) is 0 Å². The Labute approximate surface area is 174 Å². The number of halogens is 1. The molecule has 1 amide bonds. The molecule has 1 unspecified atom stereocenters. The molecule has 1 aromatic heterocycles. The number of benzene rings is 3. The first kappa shape index (κ1) is 19.6. The van der Waals surface area contributed by atoms with Crippen LogP contribution in [0.5, 0.6) is 5.75 Å². The van der Waals surface area contributed by atoms with Crippen molar-refractivity contribution in [1.82, 2.24) is 14.9 Å². The molecule has 30 heavy (non-hydrogen) atoms. The van der Waals surface area contributed by atoms with E-state index in [4.69, 9.17) is 9.72 Å². The fourth-order valence-electron chi connectivity index (χ4n) is 3.47. The second-order valence-electron chi connectivity index (χ2n) is 7.10. The third kappa shape index (κ3) is 4.03. The number of methoxy groups -OCH3 is 1. The van der Waals surface area contributed by atoms with Crippen molar-refractivity contribution in [2.75, 3.05) is 7.11 Å². The van der Waals surface area contributed by atoms with E-state index in [2.05, 4.69) is 9.88 Å². The van der Waals surface area contributed by atoms with Crippen LogP contribution in [0, 0.1) is 5.82 Å². The van der Waals surface area contributed by atoms with Crippen LogP contribution in [0.15, 0.2) is 72.8 Å². The van der Waals surface area contributed by atoms with Crippen LogP contribution in [-0.4, -0.2) is 22.6 Å². The lowest BCUT2D eigenvalue weighted by molar-refractivity contribution is 0.0937. The minimum Gasteiger partial charge on any atom is -0.497 e. The average molecular weight is 403 g/mol. The van der Waals surface area contributed by atoms with Crippen LogP contribution in [0.3, 0.4) is 0 Å². The van der Waals surface area contributed by atoms with Gasteiger partial charge in [0.1, 0.15) is 17.4 Å². The van der Waals surface area contributed by atoms with Gasteiger partial charge in [-0.2, -0.15) is 0 Å². The van der Waals surface area contributed by atoms with Gasteiger partial charge in [0, 0.05) is 12.1 Å². The number of nitrogens with zero attached hydrogens (tertiary/aromatic N) is 2. The second-order valence-corrected chi connectivity index (χ2v) is 7.10. The van der Waals surface area contributed by atoms with Crippen molar-refractivity contribution in [3.8, 4) is 5.75 Å². The highest BCUT2D eigenvalue weighted by molar-refractivity contribution is 5.94. The van der Waals surface area contributed by atoms with E-state index in [1.54, 1.807) is 43.5 Å². The molecule has 0 saturated heterocycles. The highest BCUT2D eigenvalue weighted by Crippen LogP contribution is 2.23. The Morgan fingerprint density at radius 1 is 1.10 bits per heavy atom. The number of rotatable bonds is 6. The lowest BCUT2D eigenvalue weighted by Gasteiger charge is -2.17. The number of imidazole rings is 1. The number of nitrogens with one attached hydrogen (secondary N) is 1. The summed E-state index contributed by atoms with van der Waals surface area (Å²) in [6.45, 7) is 2.43. The van der Waals surface area contributed by atoms with E-state index in [-0.39, 0.29) is 17.8 Å². The number of amides is 1. The van der Waals surface area contributed by atoms with E-state index >= 15 is 0 Å². The van der Waals surface area contributed by atoms with E-state index in [0.29, 0.717) is 17.9 Å². The summed E-state index contributed by atoms with van der Waals surface area (Å²) in [5.74, 6) is 0.880. The number of ether oxygens (including phenoxy) is 1. The number of carbonyl (C=O) groups is 1. The van der Waals surface area contributed by atoms with E-state index in [0.717, 1.165) is 22.4 Å². The lowest BCUT2D eigenvalue weighted by Crippen LogP contribution is -2.28. The predicted molar refractivity (Wildman–Crippen MR) is 114 cm³/mol.